The number of nitrogens with one attached hydrogen (secondary N) is 1. The highest BCUT2D eigenvalue weighted by atomic mass is 19.1. The highest BCUT2D eigenvalue weighted by Crippen LogP contribution is 2.42. The number of hydrogen-bond acceptors (Lipinski definition) is 6. The van der Waals surface area contributed by atoms with Gasteiger partial charge in [-0.2, -0.15) is 0 Å². The molecule has 0 atom stereocenters. The maximum atomic E-state index is 15.6. The average molecular weight is 574 g/mol. The number of imidazole rings is 1. The van der Waals surface area contributed by atoms with Crippen LogP contribution in [0.4, 0.5) is 19.4 Å². The Labute approximate surface area is 240 Å². The van der Waals surface area contributed by atoms with E-state index in [1.54, 1.807) is 35.8 Å². The number of hydrogen-bond donors (Lipinski definition) is 1. The Bertz CT molecular complexity index is 1700. The number of amides is 3. The Kier molecular flexibility index (Phi) is 6.24. The van der Waals surface area contributed by atoms with Crippen LogP contribution in [0.3, 0.4) is 0 Å². The maximum Gasteiger partial charge on any atom is 0.320 e. The third-order valence-electron chi connectivity index (χ3n) is 7.96. The number of alkyl halides is 1. The van der Waals surface area contributed by atoms with Crippen molar-refractivity contribution in [1.29, 1.82) is 0 Å². The zero-order valence-electron chi connectivity index (χ0n) is 23.2. The van der Waals surface area contributed by atoms with Crippen molar-refractivity contribution in [2.45, 2.75) is 57.9 Å². The van der Waals surface area contributed by atoms with Gasteiger partial charge in [-0.1, -0.05) is 6.07 Å². The van der Waals surface area contributed by atoms with E-state index in [1.807, 2.05) is 23.0 Å². The third kappa shape index (κ3) is 4.58. The van der Waals surface area contributed by atoms with Gasteiger partial charge in [0.15, 0.2) is 5.82 Å². The number of pyridine rings is 1. The number of anilines is 1. The van der Waals surface area contributed by atoms with Gasteiger partial charge < -0.3 is 24.3 Å². The molecule has 1 aromatic carbocycles. The molecule has 216 valence electrons. The van der Waals surface area contributed by atoms with Crippen LogP contribution in [-0.4, -0.2) is 70.3 Å². The molecule has 3 aliphatic rings. The highest BCUT2D eigenvalue weighted by molar-refractivity contribution is 6.04. The van der Waals surface area contributed by atoms with E-state index in [0.717, 1.165) is 24.2 Å². The predicted molar refractivity (Wildman–Crippen MR) is 148 cm³/mol. The molecule has 7 rings (SSSR count). The van der Waals surface area contributed by atoms with E-state index in [2.05, 4.69) is 25.5 Å². The fraction of sp³-hybridized carbons (Fsp3) is 0.379. The number of rotatable bonds is 5. The molecule has 4 aromatic rings. The number of nitrogens with zero attached hydrogens (tertiary/aromatic N) is 8. The van der Waals surface area contributed by atoms with Crippen molar-refractivity contribution in [3.8, 4) is 17.2 Å². The van der Waals surface area contributed by atoms with E-state index in [-0.39, 0.29) is 49.6 Å². The van der Waals surface area contributed by atoms with Gasteiger partial charge in [0.1, 0.15) is 29.8 Å². The summed E-state index contributed by atoms with van der Waals surface area (Å²) in [6.45, 7) is 4.47. The van der Waals surface area contributed by atoms with Crippen LogP contribution in [-0.2, 0) is 13.1 Å². The molecule has 2 aliphatic heterocycles. The summed E-state index contributed by atoms with van der Waals surface area (Å²) in [5.74, 6) is -0.297. The second kappa shape index (κ2) is 10.00. The number of halogens is 2. The number of urea groups is 1. The lowest BCUT2D eigenvalue weighted by Gasteiger charge is -2.38. The minimum absolute atomic E-state index is 0.0511. The molecule has 0 radical (unpaired) electrons. The van der Waals surface area contributed by atoms with Gasteiger partial charge in [-0.25, -0.2) is 23.5 Å². The van der Waals surface area contributed by atoms with Crippen molar-refractivity contribution >= 4 is 17.8 Å². The van der Waals surface area contributed by atoms with Crippen molar-refractivity contribution in [3.63, 3.8) is 0 Å². The van der Waals surface area contributed by atoms with E-state index in [0.29, 0.717) is 28.7 Å². The van der Waals surface area contributed by atoms with E-state index in [1.165, 1.54) is 17.0 Å². The Balaban J connectivity index is 1.21. The molecule has 1 saturated heterocycles. The number of fused-ring (bicyclic) bond motifs is 3. The van der Waals surface area contributed by atoms with Crippen LogP contribution < -0.4 is 5.32 Å². The van der Waals surface area contributed by atoms with Gasteiger partial charge in [0.25, 0.3) is 5.91 Å². The van der Waals surface area contributed by atoms with Crippen molar-refractivity contribution in [3.05, 3.63) is 71.3 Å². The van der Waals surface area contributed by atoms with Gasteiger partial charge in [-0.05, 0) is 56.5 Å². The molecule has 0 spiro atoms. The Hall–Kier alpha value is -4.68. The summed E-state index contributed by atoms with van der Waals surface area (Å²) in [6, 6.07) is 7.71. The van der Waals surface area contributed by atoms with Crippen LogP contribution in [0.15, 0.2) is 43.0 Å². The fourth-order valence-electron chi connectivity index (χ4n) is 5.55. The van der Waals surface area contributed by atoms with Crippen molar-refractivity contribution in [1.82, 2.24) is 39.1 Å². The number of likely N-dealkylation sites (tertiary alicyclic amines) is 1. The first-order valence-electron chi connectivity index (χ1n) is 14.0. The third-order valence-corrected chi connectivity index (χ3v) is 7.96. The van der Waals surface area contributed by atoms with E-state index in [9.17, 15) is 14.0 Å². The lowest BCUT2D eigenvalue weighted by atomic mass is 10.1. The normalized spacial score (nSPS) is 16.6. The SMILES string of the molecule is CC(C)n1cnnc1-c1cccc(NC(=O)c2cc3c(cc2F)CN(C(=O)N2CC(F)C2)Cc2c(C4CC4)ncn2-3)n1. The summed E-state index contributed by atoms with van der Waals surface area (Å²) in [6.07, 6.45) is 4.29. The van der Waals surface area contributed by atoms with Gasteiger partial charge in [0.2, 0.25) is 0 Å². The second-order valence-electron chi connectivity index (χ2n) is 11.3. The van der Waals surface area contributed by atoms with Gasteiger partial charge in [-0.3, -0.25) is 4.79 Å². The van der Waals surface area contributed by atoms with E-state index < -0.39 is 17.9 Å². The van der Waals surface area contributed by atoms with Crippen LogP contribution in [0.2, 0.25) is 0 Å². The number of carbonyl (C=O) groups is 2. The minimum atomic E-state index is -1.02. The molecule has 1 N–H and O–H groups in total. The van der Waals surface area contributed by atoms with Crippen LogP contribution in [0, 0.1) is 5.82 Å². The minimum Gasteiger partial charge on any atom is -0.319 e. The van der Waals surface area contributed by atoms with E-state index in [4.69, 9.17) is 0 Å². The zero-order valence-corrected chi connectivity index (χ0v) is 23.2. The van der Waals surface area contributed by atoms with Crippen molar-refractivity contribution in [2.75, 3.05) is 18.4 Å². The summed E-state index contributed by atoms with van der Waals surface area (Å²) >= 11 is 0. The number of carbonyl (C=O) groups excluding carboxylic acids is 2. The molecule has 3 aromatic heterocycles. The Morgan fingerprint density at radius 1 is 1.07 bits per heavy atom. The van der Waals surface area contributed by atoms with Crippen LogP contribution in [0.25, 0.3) is 17.2 Å². The topological polar surface area (TPSA) is 114 Å². The van der Waals surface area contributed by atoms with Crippen LogP contribution in [0.5, 0.6) is 0 Å². The molecule has 5 heterocycles. The molecule has 1 saturated carbocycles. The van der Waals surface area contributed by atoms with Crippen LogP contribution >= 0.6 is 0 Å². The summed E-state index contributed by atoms with van der Waals surface area (Å²) in [7, 11) is 0. The average Bonchev–Trinajstić information content (AvgIpc) is 3.55. The lowest BCUT2D eigenvalue weighted by Crippen LogP contribution is -2.55. The molecule has 0 bridgehead atoms. The molecule has 11 nitrogen and oxygen atoms in total. The first kappa shape index (κ1) is 26.2. The molecule has 3 amide bonds. The smallest absolute Gasteiger partial charge is 0.319 e. The maximum absolute atomic E-state index is 15.6. The molecule has 0 unspecified atom stereocenters. The lowest BCUT2D eigenvalue weighted by molar-refractivity contribution is 0.0650. The monoisotopic (exact) mass is 573 g/mol. The molecule has 2 fully saturated rings. The van der Waals surface area contributed by atoms with E-state index >= 15 is 4.39 Å². The first-order valence-corrected chi connectivity index (χ1v) is 14.0. The molecule has 42 heavy (non-hydrogen) atoms. The quantitative estimate of drug-likeness (QED) is 0.377. The predicted octanol–water partition coefficient (Wildman–Crippen LogP) is 4.46. The highest BCUT2D eigenvalue weighted by Gasteiger charge is 2.37. The zero-order chi connectivity index (χ0) is 29.1. The van der Waals surface area contributed by atoms with Gasteiger partial charge >= 0.3 is 6.03 Å². The first-order chi connectivity index (χ1) is 20.3. The summed E-state index contributed by atoms with van der Waals surface area (Å²) < 4.78 is 32.8. The molecule has 13 heteroatoms. The van der Waals surface area contributed by atoms with Gasteiger partial charge in [0, 0.05) is 12.0 Å². The molecule has 1 aliphatic carbocycles. The molecular weight excluding hydrogens is 544 g/mol. The largest absolute Gasteiger partial charge is 0.320 e. The number of aromatic nitrogens is 6. The van der Waals surface area contributed by atoms with Gasteiger partial charge in [-0.15, -0.1) is 10.2 Å². The summed E-state index contributed by atoms with van der Waals surface area (Å²) in [5, 5.41) is 10.8. The van der Waals surface area contributed by atoms with Crippen LogP contribution in [0.1, 0.15) is 66.0 Å². The Morgan fingerprint density at radius 3 is 2.62 bits per heavy atom. The van der Waals surface area contributed by atoms with Gasteiger partial charge in [0.05, 0.1) is 55.1 Å². The molecular formula is C29H29F2N9O2. The van der Waals surface area contributed by atoms with Crippen molar-refractivity contribution < 1.29 is 18.4 Å². The summed E-state index contributed by atoms with van der Waals surface area (Å²) in [4.78, 5) is 38.8. The fourth-order valence-corrected chi connectivity index (χ4v) is 5.55. The standard InChI is InChI=1S/C29H29F2N9O2/c1-16(2)39-15-33-36-27(39)22-4-3-5-25(34-22)35-28(41)20-9-23-18(8-21(20)31)10-37(29(42)38-11-19(30)12-38)13-24-26(17-6-7-17)32-14-40(23)24/h3-5,8-9,14-17,19H,6-7,10-13H2,1-2H3,(H,34,35,41). The number of benzene rings is 1. The summed E-state index contributed by atoms with van der Waals surface area (Å²) in [5.41, 5.74) is 3.18. The van der Waals surface area contributed by atoms with Crippen molar-refractivity contribution in [2.24, 2.45) is 0 Å². The second-order valence-corrected chi connectivity index (χ2v) is 11.3. The Morgan fingerprint density at radius 2 is 1.88 bits per heavy atom.